The topological polar surface area (TPSA) is 23.8 Å². The summed E-state index contributed by atoms with van der Waals surface area (Å²) >= 11 is 0. The van der Waals surface area contributed by atoms with Crippen LogP contribution in [0.15, 0.2) is 0 Å². The summed E-state index contributed by atoms with van der Waals surface area (Å²) < 4.78 is 0. The van der Waals surface area contributed by atoms with Crippen LogP contribution in [0, 0.1) is 39.9 Å². The van der Waals surface area contributed by atoms with Crippen LogP contribution in [0.1, 0.15) is 53.4 Å². The zero-order valence-corrected chi connectivity index (χ0v) is 10.5. The number of hydrogen-bond donors (Lipinski definition) is 0. The average molecular weight is 205 g/mol. The molecule has 15 heavy (non-hydrogen) atoms. The van der Waals surface area contributed by atoms with Crippen molar-refractivity contribution in [2.45, 2.75) is 53.4 Å². The Balaban J connectivity index is 2.19. The van der Waals surface area contributed by atoms with E-state index in [1.807, 2.05) is 0 Å². The molecule has 1 nitrogen and oxygen atoms in total. The Labute approximate surface area is 93.9 Å². The normalized spacial score (nSPS) is 43.9. The number of nitriles is 1. The van der Waals surface area contributed by atoms with Crippen molar-refractivity contribution in [1.29, 1.82) is 5.26 Å². The molecule has 0 aliphatic heterocycles. The van der Waals surface area contributed by atoms with Gasteiger partial charge in [-0.3, -0.25) is 0 Å². The van der Waals surface area contributed by atoms with Gasteiger partial charge in [0.15, 0.2) is 0 Å². The van der Waals surface area contributed by atoms with Gasteiger partial charge in [-0.1, -0.05) is 27.7 Å². The van der Waals surface area contributed by atoms with Gasteiger partial charge in [0, 0.05) is 6.42 Å². The second-order valence-electron chi connectivity index (χ2n) is 6.61. The van der Waals surface area contributed by atoms with Crippen molar-refractivity contribution in [1.82, 2.24) is 0 Å². The zero-order valence-electron chi connectivity index (χ0n) is 10.5. The van der Waals surface area contributed by atoms with Crippen molar-refractivity contribution in [2.24, 2.45) is 28.6 Å². The Hall–Kier alpha value is -0.510. The minimum absolute atomic E-state index is 0.425. The fraction of sp³-hybridized carbons (Fsp3) is 0.929. The maximum Gasteiger partial charge on any atom is 0.0624 e. The summed E-state index contributed by atoms with van der Waals surface area (Å²) in [6, 6.07) is 2.36. The Bertz CT molecular complexity index is 297. The van der Waals surface area contributed by atoms with Crippen LogP contribution in [0.2, 0.25) is 0 Å². The summed E-state index contributed by atoms with van der Waals surface area (Å²) in [5, 5.41) is 8.86. The van der Waals surface area contributed by atoms with Crippen molar-refractivity contribution >= 4 is 0 Å². The van der Waals surface area contributed by atoms with E-state index in [1.165, 1.54) is 19.3 Å². The van der Waals surface area contributed by atoms with Gasteiger partial charge in [-0.15, -0.1) is 0 Å². The van der Waals surface area contributed by atoms with Crippen LogP contribution in [-0.4, -0.2) is 0 Å². The molecule has 0 spiro atoms. The van der Waals surface area contributed by atoms with Gasteiger partial charge in [-0.25, -0.2) is 0 Å². The lowest BCUT2D eigenvalue weighted by Crippen LogP contribution is -2.58. The molecule has 3 aliphatic carbocycles. The summed E-state index contributed by atoms with van der Waals surface area (Å²) in [5.74, 6) is 2.38. The first kappa shape index (κ1) is 11.0. The Morgan fingerprint density at radius 2 is 2.07 bits per heavy atom. The molecule has 0 aromatic carbocycles. The van der Waals surface area contributed by atoms with Crippen LogP contribution in [0.25, 0.3) is 0 Å². The third kappa shape index (κ3) is 1.34. The molecule has 3 fully saturated rings. The SMILES string of the molecule is CC(CC#N)C1(C)CCC2CC1C2(C)C. The Morgan fingerprint density at radius 3 is 2.53 bits per heavy atom. The van der Waals surface area contributed by atoms with Gasteiger partial charge in [-0.2, -0.15) is 5.26 Å². The quantitative estimate of drug-likeness (QED) is 0.668. The van der Waals surface area contributed by atoms with Crippen LogP contribution in [0.3, 0.4) is 0 Å². The maximum atomic E-state index is 8.86. The molecule has 2 bridgehead atoms. The smallest absolute Gasteiger partial charge is 0.0624 e. The number of rotatable bonds is 2. The van der Waals surface area contributed by atoms with Gasteiger partial charge in [0.05, 0.1) is 6.07 Å². The Morgan fingerprint density at radius 1 is 1.40 bits per heavy atom. The monoisotopic (exact) mass is 205 g/mol. The van der Waals surface area contributed by atoms with Crippen LogP contribution < -0.4 is 0 Å². The first-order valence-corrected chi connectivity index (χ1v) is 6.30. The van der Waals surface area contributed by atoms with E-state index >= 15 is 0 Å². The molecular formula is C14H23N. The van der Waals surface area contributed by atoms with Crippen molar-refractivity contribution in [3.63, 3.8) is 0 Å². The summed E-state index contributed by atoms with van der Waals surface area (Å²) in [6.45, 7) is 9.57. The predicted octanol–water partition coefficient (Wildman–Crippen LogP) is 4.00. The molecule has 0 aromatic rings. The molecule has 0 heterocycles. The van der Waals surface area contributed by atoms with Crippen molar-refractivity contribution in [2.75, 3.05) is 0 Å². The first-order valence-electron chi connectivity index (χ1n) is 6.30. The molecule has 3 saturated carbocycles. The van der Waals surface area contributed by atoms with Gasteiger partial charge in [-0.05, 0) is 47.8 Å². The standard InChI is InChI=1S/C14H23N/c1-10(6-8-15)14(4)7-5-11-9-12(14)13(11,2)3/h10-12H,5-7,9H2,1-4H3. The minimum Gasteiger partial charge on any atom is -0.198 e. The largest absolute Gasteiger partial charge is 0.198 e. The highest BCUT2D eigenvalue weighted by molar-refractivity contribution is 5.09. The molecule has 3 rings (SSSR count). The van der Waals surface area contributed by atoms with Gasteiger partial charge >= 0.3 is 0 Å². The van der Waals surface area contributed by atoms with Gasteiger partial charge < -0.3 is 0 Å². The molecule has 1 heteroatoms. The average Bonchev–Trinajstić information content (AvgIpc) is 2.17. The van der Waals surface area contributed by atoms with Crippen molar-refractivity contribution in [3.8, 4) is 6.07 Å². The number of fused-ring (bicyclic) bond motifs is 2. The van der Waals surface area contributed by atoms with Gasteiger partial charge in [0.2, 0.25) is 0 Å². The number of hydrogen-bond acceptors (Lipinski definition) is 1. The maximum absolute atomic E-state index is 8.86. The second kappa shape index (κ2) is 3.24. The van der Waals surface area contributed by atoms with E-state index in [9.17, 15) is 0 Å². The third-order valence-electron chi connectivity index (χ3n) is 5.82. The Kier molecular flexibility index (Phi) is 2.37. The molecule has 84 valence electrons. The summed E-state index contributed by atoms with van der Waals surface area (Å²) in [4.78, 5) is 0. The van der Waals surface area contributed by atoms with E-state index < -0.39 is 0 Å². The first-order chi connectivity index (χ1) is 6.93. The lowest BCUT2D eigenvalue weighted by molar-refractivity contribution is -0.168. The van der Waals surface area contributed by atoms with E-state index in [2.05, 4.69) is 33.8 Å². The predicted molar refractivity (Wildman–Crippen MR) is 62.1 cm³/mol. The molecule has 0 saturated heterocycles. The fourth-order valence-electron chi connectivity index (χ4n) is 4.24. The van der Waals surface area contributed by atoms with Gasteiger partial charge in [0.25, 0.3) is 0 Å². The van der Waals surface area contributed by atoms with Crippen LogP contribution >= 0.6 is 0 Å². The van der Waals surface area contributed by atoms with Crippen LogP contribution in [0.4, 0.5) is 0 Å². The van der Waals surface area contributed by atoms with Crippen LogP contribution in [-0.2, 0) is 0 Å². The van der Waals surface area contributed by atoms with Gasteiger partial charge in [0.1, 0.15) is 0 Å². The third-order valence-corrected chi connectivity index (χ3v) is 5.82. The van der Waals surface area contributed by atoms with E-state index in [-0.39, 0.29) is 0 Å². The van der Waals surface area contributed by atoms with E-state index in [0.29, 0.717) is 16.7 Å². The highest BCUT2D eigenvalue weighted by Crippen LogP contribution is 2.68. The second-order valence-corrected chi connectivity index (χ2v) is 6.61. The van der Waals surface area contributed by atoms with Crippen molar-refractivity contribution in [3.05, 3.63) is 0 Å². The molecule has 0 N–H and O–H groups in total. The highest BCUT2D eigenvalue weighted by Gasteiger charge is 2.60. The molecule has 3 aliphatic rings. The van der Waals surface area contributed by atoms with Crippen molar-refractivity contribution < 1.29 is 0 Å². The summed E-state index contributed by atoms with van der Waals surface area (Å²) in [7, 11) is 0. The zero-order chi connectivity index (χ0) is 11.3. The van der Waals surface area contributed by atoms with E-state index in [1.54, 1.807) is 0 Å². The molecule has 0 radical (unpaired) electrons. The lowest BCUT2D eigenvalue weighted by Gasteiger charge is -2.66. The van der Waals surface area contributed by atoms with E-state index in [4.69, 9.17) is 5.26 Å². The minimum atomic E-state index is 0.425. The molecule has 0 amide bonds. The van der Waals surface area contributed by atoms with E-state index in [0.717, 1.165) is 18.3 Å². The molecule has 4 atom stereocenters. The molecule has 4 unspecified atom stereocenters. The summed E-state index contributed by atoms with van der Waals surface area (Å²) in [6.07, 6.45) is 4.87. The highest BCUT2D eigenvalue weighted by atomic mass is 14.6. The molecule has 0 aromatic heterocycles. The fourth-order valence-corrected chi connectivity index (χ4v) is 4.24. The molecular weight excluding hydrogens is 182 g/mol. The van der Waals surface area contributed by atoms with Crippen LogP contribution in [0.5, 0.6) is 0 Å². The number of nitrogens with zero attached hydrogens (tertiary/aromatic N) is 1. The summed E-state index contributed by atoms with van der Waals surface area (Å²) in [5.41, 5.74) is 0.963. The lowest BCUT2D eigenvalue weighted by atomic mass is 9.39.